The van der Waals surface area contributed by atoms with Crippen LogP contribution in [0.15, 0.2) is 29.2 Å². The molecule has 0 aromatic heterocycles. The zero-order valence-corrected chi connectivity index (χ0v) is 10.3. The van der Waals surface area contributed by atoms with E-state index in [0.717, 1.165) is 6.04 Å². The molecule has 1 saturated heterocycles. The van der Waals surface area contributed by atoms with E-state index >= 15 is 0 Å². The SMILES string of the molecule is Oc1ccc(SCCCC2CCCN2)cc1. The van der Waals surface area contributed by atoms with Crippen LogP contribution in [0.4, 0.5) is 0 Å². The van der Waals surface area contributed by atoms with Gasteiger partial charge in [0, 0.05) is 10.9 Å². The minimum atomic E-state index is 0.347. The molecule has 2 rings (SSSR count). The molecule has 1 heterocycles. The highest BCUT2D eigenvalue weighted by Crippen LogP contribution is 2.22. The zero-order chi connectivity index (χ0) is 11.2. The largest absolute Gasteiger partial charge is 0.508 e. The first-order chi connectivity index (χ1) is 7.84. The number of hydrogen-bond acceptors (Lipinski definition) is 3. The molecular formula is C13H19NOS. The zero-order valence-electron chi connectivity index (χ0n) is 9.48. The quantitative estimate of drug-likeness (QED) is 0.610. The van der Waals surface area contributed by atoms with E-state index < -0.39 is 0 Å². The molecule has 0 radical (unpaired) electrons. The molecule has 2 nitrogen and oxygen atoms in total. The first-order valence-corrected chi connectivity index (χ1v) is 6.98. The van der Waals surface area contributed by atoms with Crippen molar-refractivity contribution in [3.05, 3.63) is 24.3 Å². The first kappa shape index (κ1) is 11.8. The maximum Gasteiger partial charge on any atom is 0.115 e. The van der Waals surface area contributed by atoms with Gasteiger partial charge in [0.05, 0.1) is 0 Å². The van der Waals surface area contributed by atoms with Gasteiger partial charge in [-0.1, -0.05) is 0 Å². The van der Waals surface area contributed by atoms with E-state index in [4.69, 9.17) is 5.11 Å². The minimum Gasteiger partial charge on any atom is -0.508 e. The average molecular weight is 237 g/mol. The van der Waals surface area contributed by atoms with E-state index in [9.17, 15) is 0 Å². The van der Waals surface area contributed by atoms with Crippen molar-refractivity contribution in [2.45, 2.75) is 36.6 Å². The maximum atomic E-state index is 9.15. The topological polar surface area (TPSA) is 32.3 Å². The molecule has 1 unspecified atom stereocenters. The van der Waals surface area contributed by atoms with Crippen molar-refractivity contribution in [3.8, 4) is 5.75 Å². The molecule has 1 aromatic carbocycles. The summed E-state index contributed by atoms with van der Waals surface area (Å²) in [6, 6.07) is 8.23. The van der Waals surface area contributed by atoms with Crippen LogP contribution < -0.4 is 5.32 Å². The normalized spacial score (nSPS) is 20.1. The van der Waals surface area contributed by atoms with Gasteiger partial charge in [-0.05, 0) is 62.2 Å². The minimum absolute atomic E-state index is 0.347. The van der Waals surface area contributed by atoms with Crippen LogP contribution in [-0.4, -0.2) is 23.4 Å². The number of rotatable bonds is 5. The van der Waals surface area contributed by atoms with Crippen molar-refractivity contribution >= 4 is 11.8 Å². The molecule has 0 amide bonds. The molecule has 3 heteroatoms. The Morgan fingerprint density at radius 2 is 2.12 bits per heavy atom. The fourth-order valence-electron chi connectivity index (χ4n) is 2.07. The van der Waals surface area contributed by atoms with Crippen molar-refractivity contribution in [3.63, 3.8) is 0 Å². The lowest BCUT2D eigenvalue weighted by Crippen LogP contribution is -2.20. The lowest BCUT2D eigenvalue weighted by molar-refractivity contribution is 0.475. The van der Waals surface area contributed by atoms with Crippen molar-refractivity contribution in [2.75, 3.05) is 12.3 Å². The van der Waals surface area contributed by atoms with Crippen LogP contribution in [0.5, 0.6) is 5.75 Å². The third-order valence-electron chi connectivity index (χ3n) is 2.96. The highest BCUT2D eigenvalue weighted by molar-refractivity contribution is 7.99. The smallest absolute Gasteiger partial charge is 0.115 e. The monoisotopic (exact) mass is 237 g/mol. The molecule has 0 saturated carbocycles. The van der Waals surface area contributed by atoms with E-state index in [1.54, 1.807) is 12.1 Å². The van der Waals surface area contributed by atoms with Crippen LogP contribution in [0.25, 0.3) is 0 Å². The third kappa shape index (κ3) is 3.72. The fourth-order valence-corrected chi connectivity index (χ4v) is 2.94. The Morgan fingerprint density at radius 1 is 1.31 bits per heavy atom. The second-order valence-electron chi connectivity index (χ2n) is 4.28. The lowest BCUT2D eigenvalue weighted by atomic mass is 10.1. The summed E-state index contributed by atoms with van der Waals surface area (Å²) < 4.78 is 0. The Hall–Kier alpha value is -0.670. The summed E-state index contributed by atoms with van der Waals surface area (Å²) in [7, 11) is 0. The Morgan fingerprint density at radius 3 is 2.81 bits per heavy atom. The number of phenols is 1. The van der Waals surface area contributed by atoms with E-state index in [2.05, 4.69) is 5.32 Å². The molecule has 0 aliphatic carbocycles. The summed E-state index contributed by atoms with van der Waals surface area (Å²) in [4.78, 5) is 1.25. The van der Waals surface area contributed by atoms with Crippen LogP contribution in [0.2, 0.25) is 0 Å². The summed E-state index contributed by atoms with van der Waals surface area (Å²) in [6.07, 6.45) is 5.26. The van der Waals surface area contributed by atoms with Gasteiger partial charge in [-0.15, -0.1) is 11.8 Å². The Kier molecular flexibility index (Phi) is 4.55. The summed E-state index contributed by atoms with van der Waals surface area (Å²) in [5, 5.41) is 12.7. The fraction of sp³-hybridized carbons (Fsp3) is 0.538. The van der Waals surface area contributed by atoms with Gasteiger partial charge in [-0.3, -0.25) is 0 Å². The van der Waals surface area contributed by atoms with E-state index in [0.29, 0.717) is 5.75 Å². The third-order valence-corrected chi connectivity index (χ3v) is 4.06. The Bertz CT molecular complexity index is 306. The molecule has 1 atom stereocenters. The van der Waals surface area contributed by atoms with Gasteiger partial charge in [0.25, 0.3) is 0 Å². The van der Waals surface area contributed by atoms with Gasteiger partial charge in [0.15, 0.2) is 0 Å². The second-order valence-corrected chi connectivity index (χ2v) is 5.45. The second kappa shape index (κ2) is 6.16. The standard InChI is InChI=1S/C13H19NOS/c15-12-5-7-13(8-6-12)16-10-2-4-11-3-1-9-14-11/h5-8,11,14-15H,1-4,9-10H2. The van der Waals surface area contributed by atoms with E-state index in [1.165, 1.54) is 42.9 Å². The number of thioether (sulfide) groups is 1. The summed E-state index contributed by atoms with van der Waals surface area (Å²) >= 11 is 1.87. The number of aromatic hydroxyl groups is 1. The molecular weight excluding hydrogens is 218 g/mol. The number of nitrogens with one attached hydrogen (secondary N) is 1. The van der Waals surface area contributed by atoms with Gasteiger partial charge in [0.2, 0.25) is 0 Å². The molecule has 2 N–H and O–H groups in total. The van der Waals surface area contributed by atoms with Gasteiger partial charge in [-0.25, -0.2) is 0 Å². The number of phenolic OH excluding ortho intramolecular Hbond substituents is 1. The summed E-state index contributed by atoms with van der Waals surface area (Å²) in [5.74, 6) is 1.52. The number of hydrogen-bond donors (Lipinski definition) is 2. The van der Waals surface area contributed by atoms with Gasteiger partial charge >= 0.3 is 0 Å². The first-order valence-electron chi connectivity index (χ1n) is 6.00. The van der Waals surface area contributed by atoms with Crippen LogP contribution in [0.1, 0.15) is 25.7 Å². The Labute approximate surface area is 101 Å². The van der Waals surface area contributed by atoms with Crippen LogP contribution in [-0.2, 0) is 0 Å². The predicted octanol–water partition coefficient (Wildman–Crippen LogP) is 3.02. The van der Waals surface area contributed by atoms with Crippen LogP contribution in [0, 0.1) is 0 Å². The molecule has 1 aromatic rings. The van der Waals surface area contributed by atoms with Crippen molar-refractivity contribution in [1.29, 1.82) is 0 Å². The van der Waals surface area contributed by atoms with Crippen LogP contribution >= 0.6 is 11.8 Å². The highest BCUT2D eigenvalue weighted by atomic mass is 32.2. The summed E-state index contributed by atoms with van der Waals surface area (Å²) in [5.41, 5.74) is 0. The molecule has 1 aliphatic rings. The molecule has 1 aliphatic heterocycles. The summed E-state index contributed by atoms with van der Waals surface area (Å²) in [6.45, 7) is 1.20. The van der Waals surface area contributed by atoms with E-state index in [-0.39, 0.29) is 0 Å². The predicted molar refractivity (Wildman–Crippen MR) is 69.1 cm³/mol. The van der Waals surface area contributed by atoms with Crippen molar-refractivity contribution in [2.24, 2.45) is 0 Å². The Balaban J connectivity index is 1.62. The molecule has 16 heavy (non-hydrogen) atoms. The molecule has 88 valence electrons. The van der Waals surface area contributed by atoms with Gasteiger partial charge in [-0.2, -0.15) is 0 Å². The van der Waals surface area contributed by atoms with E-state index in [1.807, 2.05) is 23.9 Å². The van der Waals surface area contributed by atoms with Crippen molar-refractivity contribution < 1.29 is 5.11 Å². The van der Waals surface area contributed by atoms with Crippen molar-refractivity contribution in [1.82, 2.24) is 5.32 Å². The highest BCUT2D eigenvalue weighted by Gasteiger charge is 2.12. The van der Waals surface area contributed by atoms with Gasteiger partial charge in [0.1, 0.15) is 5.75 Å². The maximum absolute atomic E-state index is 9.15. The van der Waals surface area contributed by atoms with Crippen LogP contribution in [0.3, 0.4) is 0 Å². The lowest BCUT2D eigenvalue weighted by Gasteiger charge is -2.09. The molecule has 0 spiro atoms. The van der Waals surface area contributed by atoms with Gasteiger partial charge < -0.3 is 10.4 Å². The molecule has 0 bridgehead atoms. The molecule has 1 fully saturated rings. The number of benzene rings is 1. The average Bonchev–Trinajstić information content (AvgIpc) is 2.80.